The van der Waals surface area contributed by atoms with Crippen LogP contribution in [0.1, 0.15) is 57.4 Å². The SMILES string of the molecule is CCOC(=O)C1(CCCCCCCCc2ccccc2)CO1. The van der Waals surface area contributed by atoms with Gasteiger partial charge >= 0.3 is 5.97 Å². The minimum Gasteiger partial charge on any atom is -0.464 e. The highest BCUT2D eigenvalue weighted by molar-refractivity contribution is 5.82. The molecule has 3 nitrogen and oxygen atoms in total. The van der Waals surface area contributed by atoms with Gasteiger partial charge in [-0.05, 0) is 38.2 Å². The van der Waals surface area contributed by atoms with Crippen LogP contribution in [0.3, 0.4) is 0 Å². The number of hydrogen-bond donors (Lipinski definition) is 0. The second-order valence-electron chi connectivity index (χ2n) is 6.11. The van der Waals surface area contributed by atoms with Gasteiger partial charge in [-0.3, -0.25) is 0 Å². The Labute approximate surface area is 134 Å². The second kappa shape index (κ2) is 8.94. The number of rotatable bonds is 11. The summed E-state index contributed by atoms with van der Waals surface area (Å²) in [4.78, 5) is 11.7. The van der Waals surface area contributed by atoms with Crippen LogP contribution in [0.5, 0.6) is 0 Å². The molecule has 1 saturated heterocycles. The molecule has 1 unspecified atom stereocenters. The zero-order valence-electron chi connectivity index (χ0n) is 13.7. The molecule has 0 saturated carbocycles. The van der Waals surface area contributed by atoms with Gasteiger partial charge < -0.3 is 9.47 Å². The molecule has 0 spiro atoms. The fourth-order valence-electron chi connectivity index (χ4n) is 2.81. The molecular formula is C19H28O3. The summed E-state index contributed by atoms with van der Waals surface area (Å²) in [6.07, 6.45) is 9.30. The van der Waals surface area contributed by atoms with Crippen LogP contribution in [-0.4, -0.2) is 24.8 Å². The second-order valence-corrected chi connectivity index (χ2v) is 6.11. The third kappa shape index (κ3) is 5.45. The Morgan fingerprint density at radius 1 is 1.09 bits per heavy atom. The third-order valence-corrected chi connectivity index (χ3v) is 4.28. The summed E-state index contributed by atoms with van der Waals surface area (Å²) >= 11 is 0. The first kappa shape index (κ1) is 17.0. The Bertz CT molecular complexity index is 437. The van der Waals surface area contributed by atoms with E-state index in [0.29, 0.717) is 13.2 Å². The molecule has 1 heterocycles. The highest BCUT2D eigenvalue weighted by atomic mass is 16.6. The van der Waals surface area contributed by atoms with E-state index in [4.69, 9.17) is 9.47 Å². The number of esters is 1. The van der Waals surface area contributed by atoms with Crippen LogP contribution < -0.4 is 0 Å². The highest BCUT2D eigenvalue weighted by Gasteiger charge is 2.52. The predicted octanol–water partition coefficient (Wildman–Crippen LogP) is 4.29. The highest BCUT2D eigenvalue weighted by Crippen LogP contribution is 2.34. The lowest BCUT2D eigenvalue weighted by Gasteiger charge is -2.10. The Morgan fingerprint density at radius 3 is 2.36 bits per heavy atom. The van der Waals surface area contributed by atoms with Crippen LogP contribution in [-0.2, 0) is 20.7 Å². The summed E-state index contributed by atoms with van der Waals surface area (Å²) in [5, 5.41) is 0. The Hall–Kier alpha value is -1.35. The van der Waals surface area contributed by atoms with Gasteiger partial charge in [0.25, 0.3) is 0 Å². The molecule has 0 bridgehead atoms. The molecule has 0 aromatic heterocycles. The maximum Gasteiger partial charge on any atom is 0.340 e. The van der Waals surface area contributed by atoms with E-state index < -0.39 is 5.60 Å². The lowest BCUT2D eigenvalue weighted by Crippen LogP contribution is -2.27. The minimum absolute atomic E-state index is 0.169. The lowest BCUT2D eigenvalue weighted by molar-refractivity contribution is -0.149. The molecule has 1 fully saturated rings. The monoisotopic (exact) mass is 304 g/mol. The number of carbonyl (C=O) groups excluding carboxylic acids is 1. The topological polar surface area (TPSA) is 38.8 Å². The van der Waals surface area contributed by atoms with Gasteiger partial charge in [0.15, 0.2) is 5.60 Å². The first-order valence-electron chi connectivity index (χ1n) is 8.62. The van der Waals surface area contributed by atoms with E-state index in [0.717, 1.165) is 12.8 Å². The van der Waals surface area contributed by atoms with Crippen molar-refractivity contribution in [2.24, 2.45) is 0 Å². The number of benzene rings is 1. The molecule has 0 amide bonds. The van der Waals surface area contributed by atoms with Crippen molar-refractivity contribution in [1.82, 2.24) is 0 Å². The van der Waals surface area contributed by atoms with Crippen LogP contribution in [0.25, 0.3) is 0 Å². The maximum atomic E-state index is 11.7. The predicted molar refractivity (Wildman–Crippen MR) is 87.8 cm³/mol. The maximum absolute atomic E-state index is 11.7. The van der Waals surface area contributed by atoms with Gasteiger partial charge in [-0.1, -0.05) is 56.0 Å². The summed E-state index contributed by atoms with van der Waals surface area (Å²) in [7, 11) is 0. The zero-order valence-corrected chi connectivity index (χ0v) is 13.7. The van der Waals surface area contributed by atoms with Crippen LogP contribution >= 0.6 is 0 Å². The number of unbranched alkanes of at least 4 members (excludes halogenated alkanes) is 5. The molecule has 3 heteroatoms. The fraction of sp³-hybridized carbons (Fsp3) is 0.632. The molecule has 1 aromatic carbocycles. The smallest absolute Gasteiger partial charge is 0.340 e. The van der Waals surface area contributed by atoms with Crippen molar-refractivity contribution in [3.05, 3.63) is 35.9 Å². The summed E-state index contributed by atoms with van der Waals surface area (Å²) in [6.45, 7) is 2.82. The van der Waals surface area contributed by atoms with E-state index in [1.54, 1.807) is 0 Å². The lowest BCUT2D eigenvalue weighted by atomic mass is 10.0. The van der Waals surface area contributed by atoms with Crippen molar-refractivity contribution >= 4 is 5.97 Å². The van der Waals surface area contributed by atoms with Crippen LogP contribution in [0, 0.1) is 0 Å². The Morgan fingerprint density at radius 2 is 1.73 bits per heavy atom. The molecule has 122 valence electrons. The number of aryl methyl sites for hydroxylation is 1. The van der Waals surface area contributed by atoms with Gasteiger partial charge in [-0.2, -0.15) is 0 Å². The molecular weight excluding hydrogens is 276 g/mol. The van der Waals surface area contributed by atoms with Crippen molar-refractivity contribution in [3.8, 4) is 0 Å². The quantitative estimate of drug-likeness (QED) is 0.348. The molecule has 1 atom stereocenters. The molecule has 1 aliphatic rings. The normalized spacial score (nSPS) is 19.9. The average molecular weight is 304 g/mol. The molecule has 0 aliphatic carbocycles. The third-order valence-electron chi connectivity index (χ3n) is 4.28. The van der Waals surface area contributed by atoms with Crippen molar-refractivity contribution in [3.63, 3.8) is 0 Å². The van der Waals surface area contributed by atoms with Gasteiger partial charge in [0, 0.05) is 0 Å². The van der Waals surface area contributed by atoms with E-state index >= 15 is 0 Å². The van der Waals surface area contributed by atoms with Crippen molar-refractivity contribution < 1.29 is 14.3 Å². The molecule has 1 aliphatic heterocycles. The van der Waals surface area contributed by atoms with E-state index in [2.05, 4.69) is 30.3 Å². The van der Waals surface area contributed by atoms with Crippen molar-refractivity contribution in [2.75, 3.05) is 13.2 Å². The Balaban J connectivity index is 1.46. The standard InChI is InChI=1S/C19H28O3/c1-2-21-18(20)19(16-22-19)15-11-6-4-3-5-8-12-17-13-9-7-10-14-17/h7,9-10,13-14H,2-6,8,11-12,15-16H2,1H3. The van der Waals surface area contributed by atoms with Crippen LogP contribution in [0.2, 0.25) is 0 Å². The first-order valence-corrected chi connectivity index (χ1v) is 8.62. The van der Waals surface area contributed by atoms with E-state index in [1.807, 2.05) is 6.92 Å². The van der Waals surface area contributed by atoms with Gasteiger partial charge in [0.2, 0.25) is 0 Å². The fourth-order valence-corrected chi connectivity index (χ4v) is 2.81. The summed E-state index contributed by atoms with van der Waals surface area (Å²) in [5.41, 5.74) is 0.855. The van der Waals surface area contributed by atoms with Gasteiger partial charge in [0.1, 0.15) is 0 Å². The van der Waals surface area contributed by atoms with Gasteiger partial charge in [-0.25, -0.2) is 4.79 Å². The molecule has 22 heavy (non-hydrogen) atoms. The van der Waals surface area contributed by atoms with E-state index in [9.17, 15) is 4.79 Å². The number of hydrogen-bond acceptors (Lipinski definition) is 3. The van der Waals surface area contributed by atoms with Crippen LogP contribution in [0.15, 0.2) is 30.3 Å². The number of ether oxygens (including phenoxy) is 2. The molecule has 0 N–H and O–H groups in total. The molecule has 1 aromatic rings. The largest absolute Gasteiger partial charge is 0.464 e. The Kier molecular flexibility index (Phi) is 6.91. The zero-order chi connectivity index (χ0) is 15.7. The van der Waals surface area contributed by atoms with E-state index in [1.165, 1.54) is 44.1 Å². The summed E-state index contributed by atoms with van der Waals surface area (Å²) in [6, 6.07) is 10.7. The van der Waals surface area contributed by atoms with Gasteiger partial charge in [-0.15, -0.1) is 0 Å². The van der Waals surface area contributed by atoms with E-state index in [-0.39, 0.29) is 5.97 Å². The molecule has 0 radical (unpaired) electrons. The minimum atomic E-state index is -0.580. The van der Waals surface area contributed by atoms with Crippen molar-refractivity contribution in [1.29, 1.82) is 0 Å². The number of carbonyl (C=O) groups is 1. The van der Waals surface area contributed by atoms with Crippen LogP contribution in [0.4, 0.5) is 0 Å². The van der Waals surface area contributed by atoms with Gasteiger partial charge in [0.05, 0.1) is 13.2 Å². The number of epoxide rings is 1. The first-order chi connectivity index (χ1) is 10.8. The average Bonchev–Trinajstić information content (AvgIpc) is 3.32. The summed E-state index contributed by atoms with van der Waals surface area (Å²) < 4.78 is 10.4. The summed E-state index contributed by atoms with van der Waals surface area (Å²) in [5.74, 6) is -0.169. The molecule has 2 rings (SSSR count). The van der Waals surface area contributed by atoms with Crippen molar-refractivity contribution in [2.45, 2.75) is 63.9 Å².